The minimum atomic E-state index is 0. The van der Waals surface area contributed by atoms with Crippen molar-refractivity contribution in [1.82, 2.24) is 25.4 Å². The van der Waals surface area contributed by atoms with Crippen molar-refractivity contribution < 1.29 is 9.15 Å². The van der Waals surface area contributed by atoms with E-state index in [1.807, 2.05) is 16.8 Å². The minimum Gasteiger partial charge on any atom is -0.469 e. The second-order valence-corrected chi connectivity index (χ2v) is 6.91. The molecule has 1 saturated heterocycles. The number of hydrogen-bond acceptors (Lipinski definition) is 5. The number of aromatic nitrogens is 3. The number of nitrogens with one attached hydrogen (secondary N) is 2. The summed E-state index contributed by atoms with van der Waals surface area (Å²) in [6.45, 7) is 4.06. The highest BCUT2D eigenvalue weighted by molar-refractivity contribution is 14.0. The van der Waals surface area contributed by atoms with Crippen LogP contribution in [0.2, 0.25) is 0 Å². The fourth-order valence-corrected chi connectivity index (χ4v) is 3.41. The Morgan fingerprint density at radius 2 is 2.33 bits per heavy atom. The van der Waals surface area contributed by atoms with Crippen LogP contribution < -0.4 is 10.6 Å². The zero-order valence-corrected chi connectivity index (χ0v) is 17.7. The Kier molecular flexibility index (Phi) is 7.50. The molecule has 2 aliphatic rings. The van der Waals surface area contributed by atoms with Gasteiger partial charge in [0.2, 0.25) is 0 Å². The third kappa shape index (κ3) is 5.68. The minimum absolute atomic E-state index is 0. The highest BCUT2D eigenvalue weighted by Gasteiger charge is 2.21. The summed E-state index contributed by atoms with van der Waals surface area (Å²) in [6, 6.07) is 4.22. The molecule has 4 heterocycles. The van der Waals surface area contributed by atoms with E-state index in [9.17, 15) is 0 Å². The van der Waals surface area contributed by atoms with Crippen molar-refractivity contribution in [2.45, 2.75) is 38.3 Å². The molecule has 0 saturated carbocycles. The number of rotatable bonds is 6. The van der Waals surface area contributed by atoms with Crippen LogP contribution in [0.1, 0.15) is 24.4 Å². The average Bonchev–Trinajstić information content (AvgIpc) is 3.41. The Balaban J connectivity index is 0.00000210. The molecular formula is C18H27IN6O2. The van der Waals surface area contributed by atoms with Gasteiger partial charge in [0.05, 0.1) is 19.4 Å². The van der Waals surface area contributed by atoms with Crippen LogP contribution in [0.4, 0.5) is 0 Å². The first-order valence-corrected chi connectivity index (χ1v) is 9.38. The maximum absolute atomic E-state index is 5.46. The van der Waals surface area contributed by atoms with E-state index in [1.165, 1.54) is 0 Å². The summed E-state index contributed by atoms with van der Waals surface area (Å²) in [7, 11) is 0. The van der Waals surface area contributed by atoms with Crippen LogP contribution in [-0.2, 0) is 24.1 Å². The van der Waals surface area contributed by atoms with Crippen molar-refractivity contribution in [2.24, 2.45) is 10.9 Å². The number of ether oxygens (including phenoxy) is 1. The van der Waals surface area contributed by atoms with E-state index in [0.717, 1.165) is 76.1 Å². The average molecular weight is 486 g/mol. The monoisotopic (exact) mass is 486 g/mol. The van der Waals surface area contributed by atoms with Gasteiger partial charge < -0.3 is 19.8 Å². The Morgan fingerprint density at radius 1 is 1.37 bits per heavy atom. The number of furan rings is 1. The molecule has 0 aliphatic carbocycles. The van der Waals surface area contributed by atoms with Gasteiger partial charge >= 0.3 is 0 Å². The molecule has 9 heteroatoms. The van der Waals surface area contributed by atoms with E-state index in [0.29, 0.717) is 12.0 Å². The van der Waals surface area contributed by atoms with Crippen LogP contribution in [0.5, 0.6) is 0 Å². The zero-order valence-electron chi connectivity index (χ0n) is 15.3. The number of aryl methyl sites for hydroxylation is 1. The lowest BCUT2D eigenvalue weighted by Crippen LogP contribution is -2.47. The molecule has 0 amide bonds. The summed E-state index contributed by atoms with van der Waals surface area (Å²) in [5, 5.41) is 11.3. The molecule has 4 rings (SSSR count). The van der Waals surface area contributed by atoms with E-state index in [-0.39, 0.29) is 24.0 Å². The van der Waals surface area contributed by atoms with Gasteiger partial charge in [0.15, 0.2) is 5.96 Å². The molecule has 2 atom stereocenters. The second-order valence-electron chi connectivity index (χ2n) is 6.91. The maximum Gasteiger partial charge on any atom is 0.191 e. The quantitative estimate of drug-likeness (QED) is 0.367. The van der Waals surface area contributed by atoms with Crippen molar-refractivity contribution in [3.63, 3.8) is 0 Å². The predicted molar refractivity (Wildman–Crippen MR) is 112 cm³/mol. The topological polar surface area (TPSA) is 89.5 Å². The fraction of sp³-hybridized carbons (Fsp3) is 0.611. The molecule has 0 aromatic carbocycles. The third-order valence-electron chi connectivity index (χ3n) is 4.92. The van der Waals surface area contributed by atoms with Crippen LogP contribution in [0, 0.1) is 5.92 Å². The number of hydrogen-bond donors (Lipinski definition) is 2. The lowest BCUT2D eigenvalue weighted by atomic mass is 10.1. The molecule has 2 aromatic heterocycles. The van der Waals surface area contributed by atoms with Gasteiger partial charge in [0.25, 0.3) is 0 Å². The molecule has 0 bridgehead atoms. The first-order valence-electron chi connectivity index (χ1n) is 9.38. The van der Waals surface area contributed by atoms with Gasteiger partial charge in [-0.3, -0.25) is 4.99 Å². The standard InChI is InChI=1S/C18H26N6O2.HI/c1-2-16(26-8-1)5-7-19-18(20-10-14-6-9-25-12-14)23-15-3-4-17-21-13-22-24(17)11-15;/h1-2,8,13-15H,3-7,9-12H2,(H2,19,20,23);1H. The SMILES string of the molecule is I.c1coc(CCNC(=NCC2CCOC2)NC2CCc3ncnn3C2)c1. The summed E-state index contributed by atoms with van der Waals surface area (Å²) in [5.41, 5.74) is 0. The lowest BCUT2D eigenvalue weighted by molar-refractivity contribution is 0.187. The highest BCUT2D eigenvalue weighted by Crippen LogP contribution is 2.13. The van der Waals surface area contributed by atoms with Crippen molar-refractivity contribution >= 4 is 29.9 Å². The predicted octanol–water partition coefficient (Wildman–Crippen LogP) is 1.62. The van der Waals surface area contributed by atoms with E-state index < -0.39 is 0 Å². The van der Waals surface area contributed by atoms with Crippen molar-refractivity contribution in [2.75, 3.05) is 26.3 Å². The Hall–Kier alpha value is -1.62. The Morgan fingerprint density at radius 3 is 3.15 bits per heavy atom. The first-order chi connectivity index (χ1) is 12.9. The number of guanidine groups is 1. The van der Waals surface area contributed by atoms with Gasteiger partial charge in [-0.15, -0.1) is 24.0 Å². The summed E-state index contributed by atoms with van der Waals surface area (Å²) in [6.07, 6.45) is 7.24. The molecule has 2 aliphatic heterocycles. The molecule has 2 N–H and O–H groups in total. The Labute approximate surface area is 176 Å². The van der Waals surface area contributed by atoms with Crippen molar-refractivity contribution in [3.05, 3.63) is 36.3 Å². The van der Waals surface area contributed by atoms with Crippen LogP contribution >= 0.6 is 24.0 Å². The number of nitrogens with zero attached hydrogens (tertiary/aromatic N) is 4. The highest BCUT2D eigenvalue weighted by atomic mass is 127. The van der Waals surface area contributed by atoms with Gasteiger partial charge in [-0.1, -0.05) is 0 Å². The molecule has 27 heavy (non-hydrogen) atoms. The van der Waals surface area contributed by atoms with E-state index in [1.54, 1.807) is 12.6 Å². The van der Waals surface area contributed by atoms with Crippen molar-refractivity contribution in [1.29, 1.82) is 0 Å². The van der Waals surface area contributed by atoms with Gasteiger partial charge in [-0.2, -0.15) is 5.10 Å². The molecule has 2 unspecified atom stereocenters. The summed E-state index contributed by atoms with van der Waals surface area (Å²) in [5.74, 6) is 3.42. The van der Waals surface area contributed by atoms with Crippen LogP contribution in [0.15, 0.2) is 34.1 Å². The molecule has 2 aromatic rings. The van der Waals surface area contributed by atoms with E-state index in [4.69, 9.17) is 14.1 Å². The maximum atomic E-state index is 5.46. The molecule has 148 valence electrons. The summed E-state index contributed by atoms with van der Waals surface area (Å²) < 4.78 is 12.8. The van der Waals surface area contributed by atoms with Crippen LogP contribution in [0.25, 0.3) is 0 Å². The number of aliphatic imine (C=N–C) groups is 1. The number of fused-ring (bicyclic) bond motifs is 1. The molecular weight excluding hydrogens is 459 g/mol. The summed E-state index contributed by atoms with van der Waals surface area (Å²) >= 11 is 0. The van der Waals surface area contributed by atoms with Crippen molar-refractivity contribution in [3.8, 4) is 0 Å². The van der Waals surface area contributed by atoms with Gasteiger partial charge in [0.1, 0.15) is 17.9 Å². The largest absolute Gasteiger partial charge is 0.469 e. The van der Waals surface area contributed by atoms with Crippen LogP contribution in [-0.4, -0.2) is 53.1 Å². The molecule has 1 fully saturated rings. The smallest absolute Gasteiger partial charge is 0.191 e. The van der Waals surface area contributed by atoms with Gasteiger partial charge in [-0.05, 0) is 25.0 Å². The van der Waals surface area contributed by atoms with E-state index >= 15 is 0 Å². The third-order valence-corrected chi connectivity index (χ3v) is 4.92. The molecule has 0 radical (unpaired) electrons. The second kappa shape index (κ2) is 10.1. The molecule has 0 spiro atoms. The zero-order chi connectivity index (χ0) is 17.6. The fourth-order valence-electron chi connectivity index (χ4n) is 3.41. The lowest BCUT2D eigenvalue weighted by Gasteiger charge is -2.25. The van der Waals surface area contributed by atoms with Gasteiger partial charge in [-0.25, -0.2) is 9.67 Å². The number of halogens is 1. The van der Waals surface area contributed by atoms with E-state index in [2.05, 4.69) is 20.7 Å². The normalized spacial score (nSPS) is 22.1. The summed E-state index contributed by atoms with van der Waals surface area (Å²) in [4.78, 5) is 9.09. The van der Waals surface area contributed by atoms with Gasteiger partial charge in [0, 0.05) is 44.5 Å². The first kappa shape index (κ1) is 20.1. The Bertz CT molecular complexity index is 711. The van der Waals surface area contributed by atoms with Crippen LogP contribution in [0.3, 0.4) is 0 Å². The molecule has 8 nitrogen and oxygen atoms in total.